The molecule has 0 radical (unpaired) electrons. The zero-order valence-electron chi connectivity index (χ0n) is 11.8. The van der Waals surface area contributed by atoms with E-state index in [0.29, 0.717) is 19.8 Å². The molecule has 1 aliphatic carbocycles. The monoisotopic (exact) mass is 277 g/mol. The minimum atomic E-state index is -0.390. The van der Waals surface area contributed by atoms with E-state index < -0.39 is 6.09 Å². The van der Waals surface area contributed by atoms with Crippen LogP contribution < -0.4 is 5.32 Å². The molecule has 1 amide bonds. The summed E-state index contributed by atoms with van der Waals surface area (Å²) in [6.45, 7) is 2.17. The lowest BCUT2D eigenvalue weighted by Gasteiger charge is -2.10. The van der Waals surface area contributed by atoms with Crippen molar-refractivity contribution in [1.29, 1.82) is 0 Å². The maximum Gasteiger partial charge on any atom is 0.407 e. The standard InChI is InChI=1S/C16H23NO3/c18-16(20-13-15-6-2-1-3-7-15)17-10-11-19-12-14-8-4-5-9-14/h1-3,6-7,14H,4-5,8-13H2,(H,17,18). The fourth-order valence-corrected chi connectivity index (χ4v) is 2.43. The molecule has 1 aromatic rings. The Hall–Kier alpha value is -1.55. The zero-order valence-corrected chi connectivity index (χ0v) is 11.8. The normalized spacial score (nSPS) is 15.2. The van der Waals surface area contributed by atoms with Crippen molar-refractivity contribution in [1.82, 2.24) is 5.32 Å². The lowest BCUT2D eigenvalue weighted by molar-refractivity contribution is 0.0972. The fraction of sp³-hybridized carbons (Fsp3) is 0.562. The van der Waals surface area contributed by atoms with Gasteiger partial charge in [-0.05, 0) is 24.3 Å². The van der Waals surface area contributed by atoms with Crippen LogP contribution in [0.4, 0.5) is 4.79 Å². The topological polar surface area (TPSA) is 47.6 Å². The van der Waals surface area contributed by atoms with Gasteiger partial charge in [0.15, 0.2) is 0 Å². The number of hydrogen-bond donors (Lipinski definition) is 1. The van der Waals surface area contributed by atoms with E-state index in [1.165, 1.54) is 25.7 Å². The number of carbonyl (C=O) groups excluding carboxylic acids is 1. The van der Waals surface area contributed by atoms with Gasteiger partial charge in [-0.1, -0.05) is 43.2 Å². The minimum absolute atomic E-state index is 0.301. The molecule has 0 spiro atoms. The van der Waals surface area contributed by atoms with Gasteiger partial charge in [0, 0.05) is 13.2 Å². The van der Waals surface area contributed by atoms with Crippen molar-refractivity contribution in [3.63, 3.8) is 0 Å². The van der Waals surface area contributed by atoms with E-state index in [-0.39, 0.29) is 0 Å². The number of nitrogens with one attached hydrogen (secondary N) is 1. The third kappa shape index (κ3) is 5.61. The Morgan fingerprint density at radius 1 is 1.20 bits per heavy atom. The second-order valence-corrected chi connectivity index (χ2v) is 5.21. The van der Waals surface area contributed by atoms with Gasteiger partial charge in [-0.25, -0.2) is 4.79 Å². The molecular formula is C16H23NO3. The van der Waals surface area contributed by atoms with Crippen molar-refractivity contribution in [2.45, 2.75) is 32.3 Å². The summed E-state index contributed by atoms with van der Waals surface area (Å²) in [6, 6.07) is 9.64. The summed E-state index contributed by atoms with van der Waals surface area (Å²) >= 11 is 0. The van der Waals surface area contributed by atoms with Crippen molar-refractivity contribution in [3.05, 3.63) is 35.9 Å². The molecule has 1 aromatic carbocycles. The molecule has 4 nitrogen and oxygen atoms in total. The molecule has 110 valence electrons. The van der Waals surface area contributed by atoms with Gasteiger partial charge in [-0.2, -0.15) is 0 Å². The lowest BCUT2D eigenvalue weighted by atomic mass is 10.1. The third-order valence-electron chi connectivity index (χ3n) is 3.56. The summed E-state index contributed by atoms with van der Waals surface area (Å²) in [5, 5.41) is 2.69. The van der Waals surface area contributed by atoms with Crippen LogP contribution in [0.25, 0.3) is 0 Å². The van der Waals surface area contributed by atoms with Gasteiger partial charge in [0.2, 0.25) is 0 Å². The van der Waals surface area contributed by atoms with E-state index >= 15 is 0 Å². The lowest BCUT2D eigenvalue weighted by Crippen LogP contribution is -2.28. The van der Waals surface area contributed by atoms with Crippen LogP contribution in [0.2, 0.25) is 0 Å². The van der Waals surface area contributed by atoms with Crippen LogP contribution in [0.15, 0.2) is 30.3 Å². The van der Waals surface area contributed by atoms with Crippen LogP contribution in [-0.2, 0) is 16.1 Å². The molecule has 1 N–H and O–H groups in total. The van der Waals surface area contributed by atoms with Crippen LogP contribution in [0.3, 0.4) is 0 Å². The SMILES string of the molecule is O=C(NCCOCC1CCCC1)OCc1ccccc1. The molecular weight excluding hydrogens is 254 g/mol. The highest BCUT2D eigenvalue weighted by Gasteiger charge is 2.14. The Morgan fingerprint density at radius 3 is 2.70 bits per heavy atom. The molecule has 2 rings (SSSR count). The molecule has 0 saturated heterocycles. The quantitative estimate of drug-likeness (QED) is 0.779. The first kappa shape index (κ1) is 14.9. The van der Waals surface area contributed by atoms with Crippen LogP contribution in [-0.4, -0.2) is 25.9 Å². The number of rotatable bonds is 7. The van der Waals surface area contributed by atoms with Crippen molar-refractivity contribution >= 4 is 6.09 Å². The maximum atomic E-state index is 11.4. The van der Waals surface area contributed by atoms with E-state index in [1.807, 2.05) is 30.3 Å². The Bertz CT molecular complexity index is 388. The predicted octanol–water partition coefficient (Wildman–Crippen LogP) is 3.12. The number of ether oxygens (including phenoxy) is 2. The molecule has 0 bridgehead atoms. The molecule has 0 aromatic heterocycles. The van der Waals surface area contributed by atoms with E-state index in [0.717, 1.165) is 18.1 Å². The van der Waals surface area contributed by atoms with Gasteiger partial charge >= 0.3 is 6.09 Å². The highest BCUT2D eigenvalue weighted by molar-refractivity contribution is 5.67. The summed E-state index contributed by atoms with van der Waals surface area (Å²) < 4.78 is 10.7. The first-order valence-electron chi connectivity index (χ1n) is 7.37. The van der Waals surface area contributed by atoms with Gasteiger partial charge in [0.25, 0.3) is 0 Å². The van der Waals surface area contributed by atoms with Crippen molar-refractivity contribution in [2.75, 3.05) is 19.8 Å². The number of alkyl carbamates (subject to hydrolysis) is 1. The maximum absolute atomic E-state index is 11.4. The van der Waals surface area contributed by atoms with Crippen molar-refractivity contribution < 1.29 is 14.3 Å². The predicted molar refractivity (Wildman–Crippen MR) is 77.4 cm³/mol. The molecule has 20 heavy (non-hydrogen) atoms. The Labute approximate surface area is 120 Å². The fourth-order valence-electron chi connectivity index (χ4n) is 2.43. The second kappa shape index (κ2) is 8.59. The van der Waals surface area contributed by atoms with E-state index in [2.05, 4.69) is 5.32 Å². The second-order valence-electron chi connectivity index (χ2n) is 5.21. The highest BCUT2D eigenvalue weighted by atomic mass is 16.5. The molecule has 0 heterocycles. The van der Waals surface area contributed by atoms with Gasteiger partial charge in [0.1, 0.15) is 6.61 Å². The minimum Gasteiger partial charge on any atom is -0.445 e. The summed E-state index contributed by atoms with van der Waals surface area (Å²) in [5.74, 6) is 0.722. The molecule has 0 aliphatic heterocycles. The Balaban J connectivity index is 1.47. The molecule has 1 aliphatic rings. The summed E-state index contributed by atoms with van der Waals surface area (Å²) in [4.78, 5) is 11.4. The summed E-state index contributed by atoms with van der Waals surface area (Å²) in [7, 11) is 0. The molecule has 1 fully saturated rings. The molecule has 1 saturated carbocycles. The molecule has 0 atom stereocenters. The average molecular weight is 277 g/mol. The van der Waals surface area contributed by atoms with E-state index in [4.69, 9.17) is 9.47 Å². The zero-order chi connectivity index (χ0) is 14.0. The highest BCUT2D eigenvalue weighted by Crippen LogP contribution is 2.24. The number of amides is 1. The Morgan fingerprint density at radius 2 is 1.95 bits per heavy atom. The first-order valence-corrected chi connectivity index (χ1v) is 7.37. The third-order valence-corrected chi connectivity index (χ3v) is 3.56. The molecule has 4 heteroatoms. The number of hydrogen-bond acceptors (Lipinski definition) is 3. The van der Waals surface area contributed by atoms with Crippen molar-refractivity contribution in [3.8, 4) is 0 Å². The average Bonchev–Trinajstić information content (AvgIpc) is 2.99. The smallest absolute Gasteiger partial charge is 0.407 e. The van der Waals surface area contributed by atoms with Gasteiger partial charge in [0.05, 0.1) is 6.61 Å². The van der Waals surface area contributed by atoms with Crippen LogP contribution in [0, 0.1) is 5.92 Å². The van der Waals surface area contributed by atoms with Crippen LogP contribution in [0.1, 0.15) is 31.2 Å². The first-order chi connectivity index (χ1) is 9.84. The van der Waals surface area contributed by atoms with Crippen molar-refractivity contribution in [2.24, 2.45) is 5.92 Å². The largest absolute Gasteiger partial charge is 0.445 e. The Kier molecular flexibility index (Phi) is 6.38. The van der Waals surface area contributed by atoms with Gasteiger partial charge < -0.3 is 14.8 Å². The van der Waals surface area contributed by atoms with Crippen LogP contribution >= 0.6 is 0 Å². The van der Waals surface area contributed by atoms with Crippen LogP contribution in [0.5, 0.6) is 0 Å². The van der Waals surface area contributed by atoms with E-state index in [1.54, 1.807) is 0 Å². The van der Waals surface area contributed by atoms with Gasteiger partial charge in [-0.15, -0.1) is 0 Å². The summed E-state index contributed by atoms with van der Waals surface area (Å²) in [6.07, 6.45) is 4.84. The number of benzene rings is 1. The number of carbonyl (C=O) groups is 1. The summed E-state index contributed by atoms with van der Waals surface area (Å²) in [5.41, 5.74) is 0.986. The molecule has 0 unspecified atom stereocenters. The van der Waals surface area contributed by atoms with E-state index in [9.17, 15) is 4.79 Å². The van der Waals surface area contributed by atoms with Gasteiger partial charge in [-0.3, -0.25) is 0 Å².